The minimum Gasteiger partial charge on any atom is -0.457 e. The third-order valence-corrected chi connectivity index (χ3v) is 3.85. The smallest absolute Gasteiger partial charge is 0.238 e. The van der Waals surface area contributed by atoms with Gasteiger partial charge in [0.15, 0.2) is 0 Å². The number of anilines is 1. The van der Waals surface area contributed by atoms with Gasteiger partial charge in [0.25, 0.3) is 0 Å². The minimum atomic E-state index is -0.137. The number of hydrogen-bond acceptors (Lipinski definition) is 4. The number of amides is 2. The Labute approximate surface area is 146 Å². The first kappa shape index (κ1) is 17.0. The molecule has 2 N–H and O–H groups in total. The van der Waals surface area contributed by atoms with Gasteiger partial charge in [0.05, 0.1) is 13.1 Å². The fourth-order valence-electron chi connectivity index (χ4n) is 2.65. The van der Waals surface area contributed by atoms with Crippen LogP contribution in [0.4, 0.5) is 5.69 Å². The molecule has 0 aromatic heterocycles. The summed E-state index contributed by atoms with van der Waals surface area (Å²) in [5.41, 5.74) is 1.83. The summed E-state index contributed by atoms with van der Waals surface area (Å²) in [6.07, 6.45) is 0. The van der Waals surface area contributed by atoms with Gasteiger partial charge >= 0.3 is 0 Å². The number of benzene rings is 2. The number of piperazine rings is 1. The molecule has 2 aromatic rings. The van der Waals surface area contributed by atoms with Crippen LogP contribution in [0.1, 0.15) is 5.56 Å². The quantitative estimate of drug-likeness (QED) is 0.876. The van der Waals surface area contributed by atoms with Gasteiger partial charge in [-0.25, -0.2) is 0 Å². The SMILES string of the molecule is Cc1cccc(Oc2ccc(NC(=O)CN3CCNC(=O)C3)cc2)c1. The Balaban J connectivity index is 1.53. The number of ether oxygens (including phenoxy) is 1. The zero-order valence-electron chi connectivity index (χ0n) is 14.1. The molecule has 130 valence electrons. The summed E-state index contributed by atoms with van der Waals surface area (Å²) < 4.78 is 5.79. The van der Waals surface area contributed by atoms with Crippen LogP contribution in [0.2, 0.25) is 0 Å². The van der Waals surface area contributed by atoms with Crippen LogP contribution in [-0.2, 0) is 9.59 Å². The highest BCUT2D eigenvalue weighted by Crippen LogP contribution is 2.23. The molecule has 0 saturated carbocycles. The van der Waals surface area contributed by atoms with Gasteiger partial charge in [-0.15, -0.1) is 0 Å². The zero-order chi connectivity index (χ0) is 17.6. The van der Waals surface area contributed by atoms with Gasteiger partial charge in [-0.3, -0.25) is 14.5 Å². The fraction of sp³-hybridized carbons (Fsp3) is 0.263. The molecule has 6 heteroatoms. The summed E-state index contributed by atoms with van der Waals surface area (Å²) in [6.45, 7) is 3.74. The van der Waals surface area contributed by atoms with Crippen molar-refractivity contribution in [2.75, 3.05) is 31.5 Å². The van der Waals surface area contributed by atoms with Crippen molar-refractivity contribution in [1.29, 1.82) is 0 Å². The molecular weight excluding hydrogens is 318 g/mol. The van der Waals surface area contributed by atoms with Crippen LogP contribution in [0.25, 0.3) is 0 Å². The molecule has 1 heterocycles. The molecule has 25 heavy (non-hydrogen) atoms. The molecular formula is C19H21N3O3. The Kier molecular flexibility index (Phi) is 5.30. The standard InChI is InChI=1S/C19H21N3O3/c1-14-3-2-4-17(11-14)25-16-7-5-15(6-8-16)21-19(24)13-22-10-9-20-18(23)12-22/h2-8,11H,9-10,12-13H2,1H3,(H,20,23)(H,21,24). The van der Waals surface area contributed by atoms with E-state index in [-0.39, 0.29) is 24.9 Å². The second-order valence-corrected chi connectivity index (χ2v) is 6.05. The number of carbonyl (C=O) groups excluding carboxylic acids is 2. The van der Waals surface area contributed by atoms with E-state index in [1.165, 1.54) is 0 Å². The van der Waals surface area contributed by atoms with E-state index in [2.05, 4.69) is 10.6 Å². The average molecular weight is 339 g/mol. The molecule has 0 atom stereocenters. The highest BCUT2D eigenvalue weighted by atomic mass is 16.5. The van der Waals surface area contributed by atoms with Gasteiger partial charge < -0.3 is 15.4 Å². The van der Waals surface area contributed by atoms with Crippen LogP contribution < -0.4 is 15.4 Å². The molecule has 3 rings (SSSR count). The van der Waals surface area contributed by atoms with Gasteiger partial charge in [-0.2, -0.15) is 0 Å². The number of nitrogens with zero attached hydrogens (tertiary/aromatic N) is 1. The molecule has 0 radical (unpaired) electrons. The van der Waals surface area contributed by atoms with Crippen molar-refractivity contribution in [3.8, 4) is 11.5 Å². The van der Waals surface area contributed by atoms with E-state index in [1.54, 1.807) is 12.1 Å². The van der Waals surface area contributed by atoms with E-state index in [1.807, 2.05) is 48.2 Å². The molecule has 0 unspecified atom stereocenters. The van der Waals surface area contributed by atoms with Crippen LogP contribution in [0, 0.1) is 6.92 Å². The van der Waals surface area contributed by atoms with Crippen molar-refractivity contribution < 1.29 is 14.3 Å². The topological polar surface area (TPSA) is 70.7 Å². The predicted molar refractivity (Wildman–Crippen MR) is 95.8 cm³/mol. The zero-order valence-corrected chi connectivity index (χ0v) is 14.1. The Morgan fingerprint density at radius 1 is 1.20 bits per heavy atom. The lowest BCUT2D eigenvalue weighted by atomic mass is 10.2. The summed E-state index contributed by atoms with van der Waals surface area (Å²) in [7, 11) is 0. The Bertz CT molecular complexity index is 759. The summed E-state index contributed by atoms with van der Waals surface area (Å²) in [5, 5.41) is 5.57. The highest BCUT2D eigenvalue weighted by Gasteiger charge is 2.18. The number of hydrogen-bond donors (Lipinski definition) is 2. The third-order valence-electron chi connectivity index (χ3n) is 3.85. The van der Waals surface area contributed by atoms with Crippen LogP contribution in [0.15, 0.2) is 48.5 Å². The number of carbonyl (C=O) groups is 2. The van der Waals surface area contributed by atoms with Gasteiger partial charge in [0.1, 0.15) is 11.5 Å². The maximum atomic E-state index is 12.1. The van der Waals surface area contributed by atoms with Crippen molar-refractivity contribution in [1.82, 2.24) is 10.2 Å². The van der Waals surface area contributed by atoms with Gasteiger partial charge in [-0.05, 0) is 48.9 Å². The second-order valence-electron chi connectivity index (χ2n) is 6.05. The highest BCUT2D eigenvalue weighted by molar-refractivity contribution is 5.92. The monoisotopic (exact) mass is 339 g/mol. The molecule has 1 saturated heterocycles. The molecule has 0 spiro atoms. The van der Waals surface area contributed by atoms with E-state index in [4.69, 9.17) is 4.74 Å². The predicted octanol–water partition coefficient (Wildman–Crippen LogP) is 2.16. The first-order valence-electron chi connectivity index (χ1n) is 8.22. The summed E-state index contributed by atoms with van der Waals surface area (Å²) in [4.78, 5) is 25.2. The molecule has 1 aliphatic heterocycles. The Morgan fingerprint density at radius 3 is 2.72 bits per heavy atom. The van der Waals surface area contributed by atoms with Crippen LogP contribution in [0.3, 0.4) is 0 Å². The lowest BCUT2D eigenvalue weighted by Gasteiger charge is -2.25. The van der Waals surface area contributed by atoms with Crippen molar-refractivity contribution >= 4 is 17.5 Å². The largest absolute Gasteiger partial charge is 0.457 e. The van der Waals surface area contributed by atoms with E-state index in [0.717, 1.165) is 11.3 Å². The molecule has 2 amide bonds. The van der Waals surface area contributed by atoms with Gasteiger partial charge in [0.2, 0.25) is 11.8 Å². The number of aryl methyl sites for hydroxylation is 1. The van der Waals surface area contributed by atoms with Crippen LogP contribution in [-0.4, -0.2) is 42.9 Å². The van der Waals surface area contributed by atoms with Crippen molar-refractivity contribution in [2.24, 2.45) is 0 Å². The Morgan fingerprint density at radius 2 is 2.00 bits per heavy atom. The summed E-state index contributed by atoms with van der Waals surface area (Å²) >= 11 is 0. The van der Waals surface area contributed by atoms with Crippen LogP contribution >= 0.6 is 0 Å². The third kappa shape index (κ3) is 5.06. The maximum absolute atomic E-state index is 12.1. The lowest BCUT2D eigenvalue weighted by Crippen LogP contribution is -2.49. The first-order chi connectivity index (χ1) is 12.1. The van der Waals surface area contributed by atoms with Gasteiger partial charge in [0, 0.05) is 18.8 Å². The van der Waals surface area contributed by atoms with Crippen molar-refractivity contribution in [3.05, 3.63) is 54.1 Å². The minimum absolute atomic E-state index is 0.0447. The number of rotatable bonds is 5. The maximum Gasteiger partial charge on any atom is 0.238 e. The van der Waals surface area contributed by atoms with Gasteiger partial charge in [-0.1, -0.05) is 12.1 Å². The van der Waals surface area contributed by atoms with Crippen molar-refractivity contribution in [3.63, 3.8) is 0 Å². The molecule has 1 aliphatic rings. The molecule has 0 bridgehead atoms. The van der Waals surface area contributed by atoms with E-state index >= 15 is 0 Å². The fourth-order valence-corrected chi connectivity index (χ4v) is 2.65. The molecule has 1 fully saturated rings. The second kappa shape index (κ2) is 7.81. The van der Waals surface area contributed by atoms with Crippen LogP contribution in [0.5, 0.6) is 11.5 Å². The molecule has 0 aliphatic carbocycles. The van der Waals surface area contributed by atoms with Crippen molar-refractivity contribution in [2.45, 2.75) is 6.92 Å². The molecule has 6 nitrogen and oxygen atoms in total. The number of nitrogens with one attached hydrogen (secondary N) is 2. The Hall–Kier alpha value is -2.86. The van der Waals surface area contributed by atoms with E-state index in [9.17, 15) is 9.59 Å². The van der Waals surface area contributed by atoms with E-state index < -0.39 is 0 Å². The first-order valence-corrected chi connectivity index (χ1v) is 8.22. The van der Waals surface area contributed by atoms with E-state index in [0.29, 0.717) is 24.5 Å². The molecule has 2 aromatic carbocycles. The average Bonchev–Trinajstić information content (AvgIpc) is 2.57. The summed E-state index contributed by atoms with van der Waals surface area (Å²) in [5.74, 6) is 1.30. The lowest BCUT2D eigenvalue weighted by molar-refractivity contribution is -0.125. The normalized spacial score (nSPS) is 14.7. The summed E-state index contributed by atoms with van der Waals surface area (Å²) in [6, 6.07) is 15.0.